The second-order valence-electron chi connectivity index (χ2n) is 8.80. The monoisotopic (exact) mass is 443 g/mol. The third kappa shape index (κ3) is 5.91. The van der Waals surface area contributed by atoms with E-state index in [1.165, 1.54) is 0 Å². The van der Waals surface area contributed by atoms with Crippen LogP contribution >= 0.6 is 0 Å². The van der Waals surface area contributed by atoms with E-state index in [0.29, 0.717) is 31.0 Å². The summed E-state index contributed by atoms with van der Waals surface area (Å²) >= 11 is 0. The van der Waals surface area contributed by atoms with Gasteiger partial charge in [0.25, 0.3) is 0 Å². The van der Waals surface area contributed by atoms with Gasteiger partial charge in [-0.1, -0.05) is 0 Å². The maximum absolute atomic E-state index is 12.8. The molecule has 9 nitrogen and oxygen atoms in total. The lowest BCUT2D eigenvalue weighted by atomic mass is 9.97. The number of rotatable bonds is 5. The molecular weight excluding hydrogens is 410 g/mol. The van der Waals surface area contributed by atoms with Gasteiger partial charge < -0.3 is 30.5 Å². The average molecular weight is 444 g/mol. The second-order valence-corrected chi connectivity index (χ2v) is 8.80. The van der Waals surface area contributed by atoms with Crippen LogP contribution in [-0.4, -0.2) is 73.2 Å². The van der Waals surface area contributed by atoms with Crippen molar-refractivity contribution in [2.75, 3.05) is 50.0 Å². The number of benzene rings is 1. The van der Waals surface area contributed by atoms with E-state index in [0.717, 1.165) is 58.2 Å². The summed E-state index contributed by atoms with van der Waals surface area (Å²) in [6.07, 6.45) is 5.84. The Morgan fingerprint density at radius 3 is 2.25 bits per heavy atom. The van der Waals surface area contributed by atoms with E-state index in [1.807, 2.05) is 9.80 Å². The van der Waals surface area contributed by atoms with Crippen LogP contribution in [0.25, 0.3) is 0 Å². The van der Waals surface area contributed by atoms with Gasteiger partial charge in [0.05, 0.1) is 12.0 Å². The zero-order valence-electron chi connectivity index (χ0n) is 18.5. The highest BCUT2D eigenvalue weighted by atomic mass is 16.5. The lowest BCUT2D eigenvalue weighted by Gasteiger charge is -2.34. The molecule has 174 valence electrons. The minimum atomic E-state index is -0.276. The molecule has 3 saturated heterocycles. The maximum atomic E-state index is 12.8. The van der Waals surface area contributed by atoms with E-state index in [1.54, 1.807) is 24.3 Å². The summed E-state index contributed by atoms with van der Waals surface area (Å²) in [7, 11) is 0. The first-order chi connectivity index (χ1) is 15.6. The topological polar surface area (TPSA) is 103 Å². The van der Waals surface area contributed by atoms with Crippen LogP contribution in [0, 0.1) is 5.92 Å². The lowest BCUT2D eigenvalue weighted by molar-refractivity contribution is -0.121. The van der Waals surface area contributed by atoms with Gasteiger partial charge in [-0.2, -0.15) is 0 Å². The van der Waals surface area contributed by atoms with Crippen LogP contribution in [0.5, 0.6) is 0 Å². The number of hydrogen-bond donors (Lipinski definition) is 3. The first-order valence-electron chi connectivity index (χ1n) is 11.7. The zero-order chi connectivity index (χ0) is 22.3. The minimum absolute atomic E-state index is 0.0631. The molecule has 32 heavy (non-hydrogen) atoms. The molecule has 5 amide bonds. The van der Waals surface area contributed by atoms with Crippen molar-refractivity contribution in [3.05, 3.63) is 24.3 Å². The third-order valence-electron chi connectivity index (χ3n) is 6.36. The first kappa shape index (κ1) is 22.4. The number of hydrogen-bond acceptors (Lipinski definition) is 4. The molecule has 3 N–H and O–H groups in total. The van der Waals surface area contributed by atoms with Crippen molar-refractivity contribution in [3.63, 3.8) is 0 Å². The molecule has 0 bridgehead atoms. The van der Waals surface area contributed by atoms with Crippen LogP contribution in [-0.2, 0) is 9.53 Å². The largest absolute Gasteiger partial charge is 0.376 e. The summed E-state index contributed by atoms with van der Waals surface area (Å²) in [6.45, 7) is 4.07. The van der Waals surface area contributed by atoms with Crippen molar-refractivity contribution in [3.8, 4) is 0 Å². The third-order valence-corrected chi connectivity index (χ3v) is 6.36. The highest BCUT2D eigenvalue weighted by molar-refractivity contribution is 5.94. The molecule has 3 aliphatic rings. The van der Waals surface area contributed by atoms with Gasteiger partial charge >= 0.3 is 12.1 Å². The number of piperidine rings is 1. The van der Waals surface area contributed by atoms with Crippen LogP contribution in [0.2, 0.25) is 0 Å². The molecule has 0 aromatic heterocycles. The minimum Gasteiger partial charge on any atom is -0.376 e. The predicted molar refractivity (Wildman–Crippen MR) is 122 cm³/mol. The Balaban J connectivity index is 1.23. The SMILES string of the molecule is O=C(NCC1CCCO1)Nc1ccc(NC(=O)C2CCCN(C(=O)N3CCCC3)C2)cc1. The van der Waals surface area contributed by atoms with Gasteiger partial charge in [-0.25, -0.2) is 9.59 Å². The number of nitrogens with zero attached hydrogens (tertiary/aromatic N) is 2. The molecule has 3 fully saturated rings. The van der Waals surface area contributed by atoms with Crippen molar-refractivity contribution < 1.29 is 19.1 Å². The molecule has 3 heterocycles. The molecule has 2 unspecified atom stereocenters. The van der Waals surface area contributed by atoms with Crippen LogP contribution in [0.4, 0.5) is 21.0 Å². The number of carbonyl (C=O) groups excluding carboxylic acids is 3. The Kier molecular flexibility index (Phi) is 7.47. The van der Waals surface area contributed by atoms with Gasteiger partial charge in [0.1, 0.15) is 0 Å². The van der Waals surface area contributed by atoms with E-state index in [4.69, 9.17) is 4.74 Å². The van der Waals surface area contributed by atoms with Gasteiger partial charge in [-0.15, -0.1) is 0 Å². The molecule has 1 aromatic carbocycles. The van der Waals surface area contributed by atoms with Crippen LogP contribution in [0.15, 0.2) is 24.3 Å². The molecule has 9 heteroatoms. The molecule has 0 spiro atoms. The summed E-state index contributed by atoms with van der Waals surface area (Å²) < 4.78 is 5.49. The van der Waals surface area contributed by atoms with Crippen molar-refractivity contribution >= 4 is 29.3 Å². The standard InChI is InChI=1S/C23H33N5O4/c29-21(17-5-3-13-28(16-17)23(31)27-11-1-2-12-27)25-18-7-9-19(10-8-18)26-22(30)24-15-20-6-4-14-32-20/h7-10,17,20H,1-6,11-16H2,(H,25,29)(H2,24,26,30). The fourth-order valence-corrected chi connectivity index (χ4v) is 4.54. The number of ether oxygens (including phenoxy) is 1. The molecule has 3 aliphatic heterocycles. The van der Waals surface area contributed by atoms with Crippen LogP contribution < -0.4 is 16.0 Å². The fourth-order valence-electron chi connectivity index (χ4n) is 4.54. The molecule has 0 radical (unpaired) electrons. The van der Waals surface area contributed by atoms with E-state index in [9.17, 15) is 14.4 Å². The predicted octanol–water partition coefficient (Wildman–Crippen LogP) is 2.85. The molecule has 1 aromatic rings. The number of likely N-dealkylation sites (tertiary alicyclic amines) is 2. The number of amides is 5. The van der Waals surface area contributed by atoms with Gasteiger partial charge in [-0.3, -0.25) is 4.79 Å². The van der Waals surface area contributed by atoms with Gasteiger partial charge in [0.15, 0.2) is 0 Å². The van der Waals surface area contributed by atoms with Gasteiger partial charge in [0, 0.05) is 50.7 Å². The number of anilines is 2. The highest BCUT2D eigenvalue weighted by Gasteiger charge is 2.31. The Morgan fingerprint density at radius 2 is 1.56 bits per heavy atom. The van der Waals surface area contributed by atoms with Crippen molar-refractivity contribution in [1.82, 2.24) is 15.1 Å². The summed E-state index contributed by atoms with van der Waals surface area (Å²) in [6, 6.07) is 6.83. The Labute approximate surface area is 188 Å². The van der Waals surface area contributed by atoms with Crippen molar-refractivity contribution in [2.24, 2.45) is 5.92 Å². The van der Waals surface area contributed by atoms with Gasteiger partial charge in [0.2, 0.25) is 5.91 Å². The first-order valence-corrected chi connectivity index (χ1v) is 11.7. The van der Waals surface area contributed by atoms with Gasteiger partial charge in [-0.05, 0) is 62.8 Å². The number of urea groups is 2. The van der Waals surface area contributed by atoms with Crippen LogP contribution in [0.3, 0.4) is 0 Å². The highest BCUT2D eigenvalue weighted by Crippen LogP contribution is 2.22. The summed E-state index contributed by atoms with van der Waals surface area (Å²) in [5, 5.41) is 8.55. The van der Waals surface area contributed by atoms with E-state index < -0.39 is 0 Å². The van der Waals surface area contributed by atoms with E-state index in [-0.39, 0.29) is 30.0 Å². The maximum Gasteiger partial charge on any atom is 0.320 e. The molecule has 4 rings (SSSR count). The average Bonchev–Trinajstić information content (AvgIpc) is 3.53. The van der Waals surface area contributed by atoms with E-state index >= 15 is 0 Å². The number of nitrogens with one attached hydrogen (secondary N) is 3. The quantitative estimate of drug-likeness (QED) is 0.651. The van der Waals surface area contributed by atoms with Crippen LogP contribution in [0.1, 0.15) is 38.5 Å². The molecular formula is C23H33N5O4. The van der Waals surface area contributed by atoms with Crippen molar-refractivity contribution in [2.45, 2.75) is 44.6 Å². The fraction of sp³-hybridized carbons (Fsp3) is 0.609. The second kappa shape index (κ2) is 10.7. The number of carbonyl (C=O) groups is 3. The normalized spacial score (nSPS) is 23.1. The smallest absolute Gasteiger partial charge is 0.320 e. The Hall–Kier alpha value is -2.81. The summed E-state index contributed by atoms with van der Waals surface area (Å²) in [4.78, 5) is 41.2. The molecule has 2 atom stereocenters. The lowest BCUT2D eigenvalue weighted by Crippen LogP contribution is -2.48. The summed E-state index contributed by atoms with van der Waals surface area (Å²) in [5.74, 6) is -0.282. The summed E-state index contributed by atoms with van der Waals surface area (Å²) in [5.41, 5.74) is 1.32. The molecule has 0 saturated carbocycles. The molecule has 0 aliphatic carbocycles. The Morgan fingerprint density at radius 1 is 0.875 bits per heavy atom. The zero-order valence-corrected chi connectivity index (χ0v) is 18.5. The van der Waals surface area contributed by atoms with Crippen molar-refractivity contribution in [1.29, 1.82) is 0 Å². The van der Waals surface area contributed by atoms with E-state index in [2.05, 4.69) is 16.0 Å². The Bertz CT molecular complexity index is 803.